The molecule has 1 aromatic carbocycles. The molecular formula is C14H12N2O2. The average Bonchev–Trinajstić information content (AvgIpc) is 3.23. The van der Waals surface area contributed by atoms with E-state index in [4.69, 9.17) is 4.74 Å². The maximum absolute atomic E-state index is 12.2. The zero-order chi connectivity index (χ0) is 12.4. The summed E-state index contributed by atoms with van der Waals surface area (Å²) in [6.07, 6.45) is 5.52. The van der Waals surface area contributed by atoms with Crippen LogP contribution in [0.5, 0.6) is 5.75 Å². The standard InChI is InChI=1S/C14H12N2O2/c17-14(11-6-7-15-16-9-11)10-2-1-3-13(8-10)18-12-4-5-12/h1-3,6-9,12H,4-5H2. The molecule has 1 aliphatic carbocycles. The third kappa shape index (κ3) is 2.37. The fourth-order valence-corrected chi connectivity index (χ4v) is 1.68. The highest BCUT2D eigenvalue weighted by Crippen LogP contribution is 2.27. The van der Waals surface area contributed by atoms with Crippen molar-refractivity contribution in [1.82, 2.24) is 10.2 Å². The van der Waals surface area contributed by atoms with E-state index in [2.05, 4.69) is 10.2 Å². The normalized spacial score (nSPS) is 14.2. The molecule has 0 aliphatic heterocycles. The highest BCUT2D eigenvalue weighted by molar-refractivity contribution is 6.08. The van der Waals surface area contributed by atoms with E-state index < -0.39 is 0 Å². The second-order valence-corrected chi connectivity index (χ2v) is 4.31. The van der Waals surface area contributed by atoms with Gasteiger partial charge in [-0.15, -0.1) is 0 Å². The molecule has 1 fully saturated rings. The molecule has 1 heterocycles. The van der Waals surface area contributed by atoms with Crippen molar-refractivity contribution >= 4 is 5.78 Å². The number of nitrogens with zero attached hydrogens (tertiary/aromatic N) is 2. The van der Waals surface area contributed by atoms with Crippen LogP contribution in [0.15, 0.2) is 42.7 Å². The third-order valence-corrected chi connectivity index (χ3v) is 2.77. The van der Waals surface area contributed by atoms with Gasteiger partial charge in [-0.1, -0.05) is 12.1 Å². The van der Waals surface area contributed by atoms with Crippen molar-refractivity contribution in [3.8, 4) is 5.75 Å². The molecule has 0 radical (unpaired) electrons. The number of hydrogen-bond acceptors (Lipinski definition) is 4. The van der Waals surface area contributed by atoms with Gasteiger partial charge in [-0.05, 0) is 31.0 Å². The van der Waals surface area contributed by atoms with Crippen LogP contribution in [0.4, 0.5) is 0 Å². The van der Waals surface area contributed by atoms with Crippen molar-refractivity contribution in [1.29, 1.82) is 0 Å². The lowest BCUT2D eigenvalue weighted by atomic mass is 10.1. The largest absolute Gasteiger partial charge is 0.490 e. The Morgan fingerprint density at radius 2 is 2.06 bits per heavy atom. The molecule has 0 amide bonds. The van der Waals surface area contributed by atoms with Gasteiger partial charge in [0.25, 0.3) is 0 Å². The molecule has 1 aromatic heterocycles. The van der Waals surface area contributed by atoms with E-state index in [1.165, 1.54) is 12.4 Å². The van der Waals surface area contributed by atoms with Crippen LogP contribution in [-0.2, 0) is 0 Å². The molecule has 0 spiro atoms. The molecule has 0 N–H and O–H groups in total. The summed E-state index contributed by atoms with van der Waals surface area (Å²) >= 11 is 0. The number of rotatable bonds is 4. The van der Waals surface area contributed by atoms with E-state index in [-0.39, 0.29) is 5.78 Å². The van der Waals surface area contributed by atoms with Gasteiger partial charge >= 0.3 is 0 Å². The van der Waals surface area contributed by atoms with Crippen molar-refractivity contribution in [2.24, 2.45) is 0 Å². The first kappa shape index (κ1) is 10.9. The van der Waals surface area contributed by atoms with Gasteiger partial charge in [-0.2, -0.15) is 10.2 Å². The van der Waals surface area contributed by atoms with Crippen LogP contribution < -0.4 is 4.74 Å². The molecule has 18 heavy (non-hydrogen) atoms. The van der Waals surface area contributed by atoms with Crippen molar-refractivity contribution < 1.29 is 9.53 Å². The summed E-state index contributed by atoms with van der Waals surface area (Å²) in [4.78, 5) is 12.2. The van der Waals surface area contributed by atoms with E-state index in [0.717, 1.165) is 18.6 Å². The Morgan fingerprint density at radius 1 is 1.17 bits per heavy atom. The highest BCUT2D eigenvalue weighted by Gasteiger charge is 2.23. The van der Waals surface area contributed by atoms with Gasteiger partial charge < -0.3 is 4.74 Å². The maximum Gasteiger partial charge on any atom is 0.194 e. The fourth-order valence-electron chi connectivity index (χ4n) is 1.68. The predicted molar refractivity (Wildman–Crippen MR) is 65.6 cm³/mol. The molecule has 90 valence electrons. The Kier molecular flexibility index (Phi) is 2.76. The quantitative estimate of drug-likeness (QED) is 0.769. The first-order valence-corrected chi connectivity index (χ1v) is 5.91. The number of carbonyl (C=O) groups is 1. The Labute approximate surface area is 105 Å². The molecule has 0 saturated heterocycles. The number of hydrogen-bond donors (Lipinski definition) is 0. The monoisotopic (exact) mass is 240 g/mol. The topological polar surface area (TPSA) is 52.1 Å². The van der Waals surface area contributed by atoms with Crippen molar-refractivity contribution in [2.75, 3.05) is 0 Å². The summed E-state index contributed by atoms with van der Waals surface area (Å²) in [6.45, 7) is 0. The summed E-state index contributed by atoms with van der Waals surface area (Å²) in [6, 6.07) is 8.92. The van der Waals surface area contributed by atoms with Crippen molar-refractivity contribution in [3.63, 3.8) is 0 Å². The molecule has 4 heteroatoms. The smallest absolute Gasteiger partial charge is 0.194 e. The van der Waals surface area contributed by atoms with Gasteiger partial charge in [0.2, 0.25) is 0 Å². The maximum atomic E-state index is 12.2. The lowest BCUT2D eigenvalue weighted by Gasteiger charge is -2.06. The molecule has 2 aromatic rings. The molecule has 4 nitrogen and oxygen atoms in total. The van der Waals surface area contributed by atoms with E-state index in [1.807, 2.05) is 12.1 Å². The lowest BCUT2D eigenvalue weighted by molar-refractivity contribution is 0.103. The van der Waals surface area contributed by atoms with Crippen molar-refractivity contribution in [3.05, 3.63) is 53.9 Å². The second-order valence-electron chi connectivity index (χ2n) is 4.31. The fraction of sp³-hybridized carbons (Fsp3) is 0.214. The molecule has 0 bridgehead atoms. The minimum atomic E-state index is -0.0638. The minimum absolute atomic E-state index is 0.0638. The number of benzene rings is 1. The second kappa shape index (κ2) is 4.56. The summed E-state index contributed by atoms with van der Waals surface area (Å²) < 4.78 is 5.67. The number of aromatic nitrogens is 2. The van der Waals surface area contributed by atoms with Gasteiger partial charge in [-0.25, -0.2) is 0 Å². The molecule has 1 saturated carbocycles. The van der Waals surface area contributed by atoms with Crippen LogP contribution in [0.25, 0.3) is 0 Å². The Hall–Kier alpha value is -2.23. The van der Waals surface area contributed by atoms with Crippen LogP contribution >= 0.6 is 0 Å². The number of carbonyl (C=O) groups excluding carboxylic acids is 1. The molecule has 0 atom stereocenters. The van der Waals surface area contributed by atoms with Gasteiger partial charge in [0, 0.05) is 11.1 Å². The minimum Gasteiger partial charge on any atom is -0.490 e. The van der Waals surface area contributed by atoms with Crippen molar-refractivity contribution in [2.45, 2.75) is 18.9 Å². The van der Waals surface area contributed by atoms with Gasteiger partial charge in [-0.3, -0.25) is 4.79 Å². The van der Waals surface area contributed by atoms with E-state index in [9.17, 15) is 4.79 Å². The van der Waals surface area contributed by atoms with E-state index >= 15 is 0 Å². The number of ether oxygens (including phenoxy) is 1. The van der Waals surface area contributed by atoms with Crippen LogP contribution in [0.3, 0.4) is 0 Å². The van der Waals surface area contributed by atoms with E-state index in [1.54, 1.807) is 18.2 Å². The first-order valence-electron chi connectivity index (χ1n) is 5.91. The first-order chi connectivity index (χ1) is 8.83. The van der Waals surface area contributed by atoms with Crippen LogP contribution in [0, 0.1) is 0 Å². The highest BCUT2D eigenvalue weighted by atomic mass is 16.5. The molecular weight excluding hydrogens is 228 g/mol. The SMILES string of the molecule is O=C(c1ccnnc1)c1cccc(OC2CC2)c1. The predicted octanol–water partition coefficient (Wildman–Crippen LogP) is 2.25. The third-order valence-electron chi connectivity index (χ3n) is 2.77. The lowest BCUT2D eigenvalue weighted by Crippen LogP contribution is -2.03. The summed E-state index contributed by atoms with van der Waals surface area (Å²) in [7, 11) is 0. The van der Waals surface area contributed by atoms with E-state index in [0.29, 0.717) is 17.2 Å². The van der Waals surface area contributed by atoms with Crippen LogP contribution in [0.2, 0.25) is 0 Å². The molecule has 3 rings (SSSR count). The molecule has 0 unspecified atom stereocenters. The Morgan fingerprint density at radius 3 is 2.78 bits per heavy atom. The number of ketones is 1. The van der Waals surface area contributed by atoms with Gasteiger partial charge in [0.15, 0.2) is 5.78 Å². The summed E-state index contributed by atoms with van der Waals surface area (Å²) in [5, 5.41) is 7.37. The Balaban J connectivity index is 1.84. The zero-order valence-electron chi connectivity index (χ0n) is 9.74. The summed E-state index contributed by atoms with van der Waals surface area (Å²) in [5.74, 6) is 0.691. The van der Waals surface area contributed by atoms with Crippen LogP contribution in [0.1, 0.15) is 28.8 Å². The Bertz CT molecular complexity index is 565. The average molecular weight is 240 g/mol. The van der Waals surface area contributed by atoms with Crippen LogP contribution in [-0.4, -0.2) is 22.1 Å². The molecule has 1 aliphatic rings. The van der Waals surface area contributed by atoms with Gasteiger partial charge in [0.1, 0.15) is 5.75 Å². The summed E-state index contributed by atoms with van der Waals surface area (Å²) in [5.41, 5.74) is 1.15. The zero-order valence-corrected chi connectivity index (χ0v) is 9.74. The van der Waals surface area contributed by atoms with Gasteiger partial charge in [0.05, 0.1) is 18.5 Å².